The summed E-state index contributed by atoms with van der Waals surface area (Å²) in [6, 6.07) is 6.66. The van der Waals surface area contributed by atoms with Crippen molar-refractivity contribution in [2.75, 3.05) is 5.43 Å². The molecule has 16 heavy (non-hydrogen) atoms. The van der Waals surface area contributed by atoms with Gasteiger partial charge in [0.2, 0.25) is 5.95 Å². The normalized spacial score (nSPS) is 16.4. The molecule has 4 nitrogen and oxygen atoms in total. The number of imidazole rings is 1. The van der Waals surface area contributed by atoms with Gasteiger partial charge in [0.15, 0.2) is 0 Å². The Morgan fingerprint density at radius 2 is 2.25 bits per heavy atom. The topological polar surface area (TPSA) is 55.9 Å². The number of hydrogen-bond acceptors (Lipinski definition) is 3. The van der Waals surface area contributed by atoms with Crippen LogP contribution < -0.4 is 11.3 Å². The number of hydrazine groups is 1. The molecule has 0 saturated heterocycles. The van der Waals surface area contributed by atoms with Crippen molar-refractivity contribution in [3.05, 3.63) is 22.7 Å². The quantitative estimate of drug-likeness (QED) is 0.657. The maximum atomic E-state index is 5.52. The molecule has 1 aliphatic carbocycles. The highest BCUT2D eigenvalue weighted by molar-refractivity contribution is 9.10. The number of nitrogens with zero attached hydrogens (tertiary/aromatic N) is 2. The highest BCUT2D eigenvalue weighted by atomic mass is 79.9. The van der Waals surface area contributed by atoms with E-state index in [1.165, 1.54) is 19.3 Å². The van der Waals surface area contributed by atoms with Gasteiger partial charge in [-0.05, 0) is 37.5 Å². The molecule has 3 rings (SSSR count). The van der Waals surface area contributed by atoms with E-state index in [0.717, 1.165) is 21.5 Å². The molecule has 2 aromatic rings. The first-order valence-corrected chi connectivity index (χ1v) is 6.23. The van der Waals surface area contributed by atoms with Gasteiger partial charge in [0.1, 0.15) is 0 Å². The Morgan fingerprint density at radius 3 is 2.88 bits per heavy atom. The monoisotopic (exact) mass is 280 g/mol. The lowest BCUT2D eigenvalue weighted by molar-refractivity contribution is 0.323. The van der Waals surface area contributed by atoms with Crippen molar-refractivity contribution in [2.45, 2.75) is 25.3 Å². The number of benzene rings is 1. The van der Waals surface area contributed by atoms with Crippen LogP contribution >= 0.6 is 15.9 Å². The first kappa shape index (κ1) is 10.1. The molecule has 0 radical (unpaired) electrons. The smallest absolute Gasteiger partial charge is 0.218 e. The molecule has 1 aromatic heterocycles. The third kappa shape index (κ3) is 1.43. The molecule has 0 bridgehead atoms. The fourth-order valence-electron chi connectivity index (χ4n) is 2.18. The maximum absolute atomic E-state index is 5.52. The zero-order chi connectivity index (χ0) is 11.1. The molecule has 1 saturated carbocycles. The zero-order valence-corrected chi connectivity index (χ0v) is 10.4. The number of halogens is 1. The number of nitrogen functional groups attached to an aromatic ring is 1. The lowest BCUT2D eigenvalue weighted by Gasteiger charge is -2.28. The van der Waals surface area contributed by atoms with E-state index >= 15 is 0 Å². The highest BCUT2D eigenvalue weighted by Crippen LogP contribution is 2.37. The van der Waals surface area contributed by atoms with Gasteiger partial charge in [0, 0.05) is 10.5 Å². The summed E-state index contributed by atoms with van der Waals surface area (Å²) in [7, 11) is 0. The Kier molecular flexibility index (Phi) is 2.37. The molecule has 1 fully saturated rings. The minimum Gasteiger partial charge on any atom is -0.306 e. The molecule has 5 heteroatoms. The number of nitrogens with two attached hydrogens (primary N) is 1. The molecule has 0 spiro atoms. The number of fused-ring (bicyclic) bond motifs is 1. The molecule has 84 valence electrons. The minimum absolute atomic E-state index is 0.547. The van der Waals surface area contributed by atoms with E-state index in [1.54, 1.807) is 0 Å². The van der Waals surface area contributed by atoms with Gasteiger partial charge in [0.25, 0.3) is 0 Å². The Balaban J connectivity index is 2.23. The number of rotatable bonds is 2. The minimum atomic E-state index is 0.547. The fourth-order valence-corrected chi connectivity index (χ4v) is 2.53. The van der Waals surface area contributed by atoms with Crippen LogP contribution in [0.3, 0.4) is 0 Å². The lowest BCUT2D eigenvalue weighted by atomic mass is 9.93. The van der Waals surface area contributed by atoms with Gasteiger partial charge < -0.3 is 4.57 Å². The van der Waals surface area contributed by atoms with Crippen LogP contribution in [0, 0.1) is 0 Å². The fraction of sp³-hybridized carbons (Fsp3) is 0.364. The van der Waals surface area contributed by atoms with Crippen molar-refractivity contribution in [2.24, 2.45) is 5.84 Å². The highest BCUT2D eigenvalue weighted by Gasteiger charge is 2.24. The molecule has 0 aliphatic heterocycles. The Hall–Kier alpha value is -1.07. The van der Waals surface area contributed by atoms with Crippen LogP contribution in [0.2, 0.25) is 0 Å². The van der Waals surface area contributed by atoms with Crippen LogP contribution in [0.15, 0.2) is 22.7 Å². The van der Waals surface area contributed by atoms with Crippen LogP contribution in [0.4, 0.5) is 5.95 Å². The summed E-state index contributed by atoms with van der Waals surface area (Å²) in [6.45, 7) is 0. The van der Waals surface area contributed by atoms with E-state index < -0.39 is 0 Å². The maximum Gasteiger partial charge on any atom is 0.218 e. The van der Waals surface area contributed by atoms with E-state index in [4.69, 9.17) is 5.84 Å². The molecule has 1 aromatic carbocycles. The van der Waals surface area contributed by atoms with Crippen molar-refractivity contribution in [1.29, 1.82) is 0 Å². The Labute approximate surface area is 102 Å². The SMILES string of the molecule is NNc1nc2ccc(Br)cc2n1C1CCC1. The summed E-state index contributed by atoms with van der Waals surface area (Å²) >= 11 is 3.49. The van der Waals surface area contributed by atoms with E-state index in [2.05, 4.69) is 37.0 Å². The molecule has 0 atom stereocenters. The summed E-state index contributed by atoms with van der Waals surface area (Å²) in [6.07, 6.45) is 3.72. The largest absolute Gasteiger partial charge is 0.306 e. The van der Waals surface area contributed by atoms with Crippen LogP contribution in [-0.2, 0) is 0 Å². The van der Waals surface area contributed by atoms with E-state index in [0.29, 0.717) is 6.04 Å². The van der Waals surface area contributed by atoms with Gasteiger partial charge in [-0.3, -0.25) is 5.43 Å². The van der Waals surface area contributed by atoms with Gasteiger partial charge in [-0.2, -0.15) is 0 Å². The number of aromatic nitrogens is 2. The van der Waals surface area contributed by atoms with E-state index in [1.807, 2.05) is 12.1 Å². The third-order valence-electron chi connectivity index (χ3n) is 3.22. The van der Waals surface area contributed by atoms with Crippen LogP contribution in [0.1, 0.15) is 25.3 Å². The van der Waals surface area contributed by atoms with Gasteiger partial charge >= 0.3 is 0 Å². The predicted molar refractivity (Wildman–Crippen MR) is 68.1 cm³/mol. The summed E-state index contributed by atoms with van der Waals surface area (Å²) in [5.41, 5.74) is 4.82. The molecule has 0 amide bonds. The van der Waals surface area contributed by atoms with Crippen LogP contribution in [-0.4, -0.2) is 9.55 Å². The van der Waals surface area contributed by atoms with E-state index in [9.17, 15) is 0 Å². The molecule has 0 unspecified atom stereocenters. The average molecular weight is 281 g/mol. The van der Waals surface area contributed by atoms with Crippen molar-refractivity contribution in [1.82, 2.24) is 9.55 Å². The van der Waals surface area contributed by atoms with Crippen LogP contribution in [0.25, 0.3) is 11.0 Å². The standard InChI is InChI=1S/C11H13BrN4/c12-7-4-5-9-10(6-7)16(8-2-1-3-8)11(14-9)15-13/h4-6,8H,1-3,13H2,(H,14,15). The van der Waals surface area contributed by atoms with Gasteiger partial charge in [-0.1, -0.05) is 15.9 Å². The second-order valence-electron chi connectivity index (χ2n) is 4.17. The molecule has 3 N–H and O–H groups in total. The van der Waals surface area contributed by atoms with Crippen LogP contribution in [0.5, 0.6) is 0 Å². The van der Waals surface area contributed by atoms with Crippen molar-refractivity contribution in [3.63, 3.8) is 0 Å². The number of hydrogen-bond donors (Lipinski definition) is 2. The van der Waals surface area contributed by atoms with E-state index in [-0.39, 0.29) is 0 Å². The molecule has 1 heterocycles. The zero-order valence-electron chi connectivity index (χ0n) is 8.78. The summed E-state index contributed by atoms with van der Waals surface area (Å²) in [4.78, 5) is 4.48. The predicted octanol–water partition coefficient (Wildman–Crippen LogP) is 2.81. The molecular formula is C11H13BrN4. The van der Waals surface area contributed by atoms with Gasteiger partial charge in [-0.25, -0.2) is 10.8 Å². The summed E-state index contributed by atoms with van der Waals surface area (Å²) in [5, 5.41) is 0. The number of nitrogens with one attached hydrogen (secondary N) is 1. The first-order chi connectivity index (χ1) is 7.79. The Bertz CT molecular complexity index is 530. The summed E-state index contributed by atoms with van der Waals surface area (Å²) < 4.78 is 3.29. The molecule has 1 aliphatic rings. The first-order valence-electron chi connectivity index (χ1n) is 5.43. The Morgan fingerprint density at radius 1 is 1.44 bits per heavy atom. The van der Waals surface area contributed by atoms with Crippen molar-refractivity contribution >= 4 is 32.9 Å². The summed E-state index contributed by atoms with van der Waals surface area (Å²) in [5.74, 6) is 6.29. The third-order valence-corrected chi connectivity index (χ3v) is 3.71. The lowest BCUT2D eigenvalue weighted by Crippen LogP contribution is -2.21. The number of anilines is 1. The molecular weight excluding hydrogens is 268 g/mol. The van der Waals surface area contributed by atoms with Gasteiger partial charge in [-0.15, -0.1) is 0 Å². The average Bonchev–Trinajstić information content (AvgIpc) is 2.55. The van der Waals surface area contributed by atoms with Crippen molar-refractivity contribution < 1.29 is 0 Å². The second kappa shape index (κ2) is 3.75. The van der Waals surface area contributed by atoms with Crippen molar-refractivity contribution in [3.8, 4) is 0 Å². The second-order valence-corrected chi connectivity index (χ2v) is 5.08. The van der Waals surface area contributed by atoms with Gasteiger partial charge in [0.05, 0.1) is 11.0 Å².